The number of nitrogens with one attached hydrogen (secondary N) is 3. The molecule has 29 heavy (non-hydrogen) atoms. The molecule has 1 aromatic heterocycles. The topological polar surface area (TPSA) is 109 Å². The van der Waals surface area contributed by atoms with Crippen molar-refractivity contribution in [1.82, 2.24) is 20.1 Å². The maximum Gasteiger partial charge on any atom is 0.349 e. The number of amides is 1. The molecule has 1 aliphatic heterocycles. The first-order valence-electron chi connectivity index (χ1n) is 8.79. The summed E-state index contributed by atoms with van der Waals surface area (Å²) in [7, 11) is 0. The quantitative estimate of drug-likeness (QED) is 0.575. The number of aromatic amines is 1. The minimum Gasteiger partial charge on any atom is -0.341 e. The molecule has 0 aliphatic carbocycles. The summed E-state index contributed by atoms with van der Waals surface area (Å²) in [6.45, 7) is 0. The highest BCUT2D eigenvalue weighted by atomic mass is 35.5. The molecule has 148 valence electrons. The molecule has 2 aromatic carbocycles. The van der Waals surface area contributed by atoms with E-state index in [9.17, 15) is 14.4 Å². The molecule has 1 amide bonds. The van der Waals surface area contributed by atoms with Gasteiger partial charge in [-0.05, 0) is 48.9 Å². The molecule has 0 unspecified atom stereocenters. The van der Waals surface area contributed by atoms with Crippen molar-refractivity contribution in [3.63, 3.8) is 0 Å². The Bertz CT molecular complexity index is 1130. The molecule has 8 nitrogen and oxygen atoms in total. The predicted octanol–water partition coefficient (Wildman–Crippen LogP) is 2.72. The molecule has 1 fully saturated rings. The van der Waals surface area contributed by atoms with E-state index in [1.54, 1.807) is 48.5 Å². The Hall–Kier alpha value is -3.04. The standard InChI is InChI=1S/C19H16ClN5O3S/c20-12-2-1-3-14(10-12)25-19(28)23-18(24-25)21-13-6-4-11(5-7-13)16(26)22-15-8-9-29-17(15)27/h1-7,10,15H,8-9H2,(H,22,26)(H2,21,23,24,28)/t15-/m1/s1. The molecule has 2 heterocycles. The Morgan fingerprint density at radius 1 is 1.21 bits per heavy atom. The van der Waals surface area contributed by atoms with Gasteiger partial charge in [-0.3, -0.25) is 14.6 Å². The van der Waals surface area contributed by atoms with Gasteiger partial charge in [-0.1, -0.05) is 29.4 Å². The SMILES string of the molecule is O=C(N[C@@H]1CCSC1=O)c1ccc(Nc2nn(-c3cccc(Cl)c3)c(=O)[nH]2)cc1. The number of aromatic nitrogens is 3. The minimum atomic E-state index is -0.425. The van der Waals surface area contributed by atoms with Gasteiger partial charge in [-0.25, -0.2) is 4.79 Å². The van der Waals surface area contributed by atoms with Crippen LogP contribution in [0.1, 0.15) is 16.8 Å². The van der Waals surface area contributed by atoms with Crippen molar-refractivity contribution < 1.29 is 9.59 Å². The molecular formula is C19H16ClN5O3S. The lowest BCUT2D eigenvalue weighted by Gasteiger charge is -2.10. The summed E-state index contributed by atoms with van der Waals surface area (Å²) in [5.74, 6) is 0.684. The van der Waals surface area contributed by atoms with Gasteiger partial charge in [0.25, 0.3) is 5.91 Å². The molecule has 10 heteroatoms. The van der Waals surface area contributed by atoms with Crippen molar-refractivity contribution in [2.75, 3.05) is 11.1 Å². The smallest absolute Gasteiger partial charge is 0.341 e. The van der Waals surface area contributed by atoms with Gasteiger partial charge in [-0.2, -0.15) is 4.68 Å². The summed E-state index contributed by atoms with van der Waals surface area (Å²) in [4.78, 5) is 38.7. The third-order valence-corrected chi connectivity index (χ3v) is 5.56. The van der Waals surface area contributed by atoms with Crippen molar-refractivity contribution in [1.29, 1.82) is 0 Å². The number of anilines is 2. The molecule has 0 radical (unpaired) electrons. The second-order valence-corrected chi connectivity index (χ2v) is 7.89. The second kappa shape index (κ2) is 8.14. The Labute approximate surface area is 174 Å². The van der Waals surface area contributed by atoms with E-state index in [0.717, 1.165) is 5.75 Å². The van der Waals surface area contributed by atoms with E-state index in [0.29, 0.717) is 28.4 Å². The number of rotatable bonds is 5. The van der Waals surface area contributed by atoms with Crippen LogP contribution in [0.3, 0.4) is 0 Å². The number of H-pyrrole nitrogens is 1. The van der Waals surface area contributed by atoms with Gasteiger partial charge in [0.05, 0.1) is 11.7 Å². The number of hydrogen-bond donors (Lipinski definition) is 3. The van der Waals surface area contributed by atoms with Crippen molar-refractivity contribution >= 4 is 46.0 Å². The normalized spacial score (nSPS) is 16.0. The Morgan fingerprint density at radius 3 is 2.69 bits per heavy atom. The van der Waals surface area contributed by atoms with Crippen molar-refractivity contribution in [2.24, 2.45) is 0 Å². The van der Waals surface area contributed by atoms with Crippen LogP contribution in [0.4, 0.5) is 11.6 Å². The summed E-state index contributed by atoms with van der Waals surface area (Å²) in [6, 6.07) is 13.0. The van der Waals surface area contributed by atoms with E-state index in [4.69, 9.17) is 11.6 Å². The Kier molecular flexibility index (Phi) is 5.41. The van der Waals surface area contributed by atoms with Gasteiger partial charge >= 0.3 is 5.69 Å². The molecule has 0 bridgehead atoms. The molecule has 3 N–H and O–H groups in total. The Balaban J connectivity index is 1.45. The van der Waals surface area contributed by atoms with Gasteiger partial charge in [-0.15, -0.1) is 5.10 Å². The lowest BCUT2D eigenvalue weighted by atomic mass is 10.1. The van der Waals surface area contributed by atoms with Crippen LogP contribution in [0.2, 0.25) is 5.02 Å². The monoisotopic (exact) mass is 429 g/mol. The molecule has 4 rings (SSSR count). The summed E-state index contributed by atoms with van der Waals surface area (Å²) in [6.07, 6.45) is 0.650. The van der Waals surface area contributed by atoms with Crippen LogP contribution in [-0.2, 0) is 4.79 Å². The number of hydrogen-bond acceptors (Lipinski definition) is 6. The number of carbonyl (C=O) groups excluding carboxylic acids is 2. The van der Waals surface area contributed by atoms with Crippen molar-refractivity contribution in [3.8, 4) is 5.69 Å². The number of thioether (sulfide) groups is 1. The minimum absolute atomic E-state index is 0.00381. The van der Waals surface area contributed by atoms with Crippen LogP contribution in [0, 0.1) is 0 Å². The summed E-state index contributed by atoms with van der Waals surface area (Å²) in [5.41, 5.74) is 1.21. The van der Waals surface area contributed by atoms with E-state index in [-0.39, 0.29) is 17.0 Å². The highest BCUT2D eigenvalue weighted by Crippen LogP contribution is 2.20. The highest BCUT2D eigenvalue weighted by Gasteiger charge is 2.27. The summed E-state index contributed by atoms with van der Waals surface area (Å²) in [5, 5.41) is 10.4. The van der Waals surface area contributed by atoms with Gasteiger partial charge in [0, 0.05) is 22.0 Å². The van der Waals surface area contributed by atoms with Gasteiger partial charge in [0.15, 0.2) is 0 Å². The zero-order valence-electron chi connectivity index (χ0n) is 15.0. The van der Waals surface area contributed by atoms with E-state index in [1.165, 1.54) is 16.4 Å². The largest absolute Gasteiger partial charge is 0.349 e. The number of benzene rings is 2. The Morgan fingerprint density at radius 2 is 2.00 bits per heavy atom. The molecule has 3 aromatic rings. The zero-order valence-corrected chi connectivity index (χ0v) is 16.6. The summed E-state index contributed by atoms with van der Waals surface area (Å²) < 4.78 is 1.20. The van der Waals surface area contributed by atoms with Crippen LogP contribution in [0.5, 0.6) is 0 Å². The average Bonchev–Trinajstić information content (AvgIpc) is 3.27. The first-order chi connectivity index (χ1) is 14.0. The lowest BCUT2D eigenvalue weighted by molar-refractivity contribution is -0.112. The third kappa shape index (κ3) is 4.36. The predicted molar refractivity (Wildman–Crippen MR) is 112 cm³/mol. The molecular weight excluding hydrogens is 414 g/mol. The van der Waals surface area contributed by atoms with Crippen LogP contribution in [0.15, 0.2) is 53.3 Å². The molecule has 0 spiro atoms. The molecule has 1 aliphatic rings. The summed E-state index contributed by atoms with van der Waals surface area (Å²) >= 11 is 7.20. The van der Waals surface area contributed by atoms with Gasteiger partial charge < -0.3 is 10.6 Å². The maximum absolute atomic E-state index is 12.3. The lowest BCUT2D eigenvalue weighted by Crippen LogP contribution is -2.37. The van der Waals surface area contributed by atoms with Crippen molar-refractivity contribution in [2.45, 2.75) is 12.5 Å². The fraction of sp³-hybridized carbons (Fsp3) is 0.158. The van der Waals surface area contributed by atoms with Gasteiger partial charge in [0.1, 0.15) is 0 Å². The number of nitrogens with zero attached hydrogens (tertiary/aromatic N) is 2. The van der Waals surface area contributed by atoms with Crippen LogP contribution in [0.25, 0.3) is 5.69 Å². The molecule has 0 saturated carbocycles. The molecule has 1 saturated heterocycles. The average molecular weight is 430 g/mol. The van der Waals surface area contributed by atoms with E-state index in [2.05, 4.69) is 20.7 Å². The van der Waals surface area contributed by atoms with E-state index in [1.807, 2.05) is 0 Å². The van der Waals surface area contributed by atoms with E-state index < -0.39 is 11.7 Å². The number of halogens is 1. The van der Waals surface area contributed by atoms with Crippen LogP contribution < -0.4 is 16.3 Å². The van der Waals surface area contributed by atoms with E-state index >= 15 is 0 Å². The van der Waals surface area contributed by atoms with Crippen molar-refractivity contribution in [3.05, 3.63) is 69.6 Å². The zero-order chi connectivity index (χ0) is 20.4. The second-order valence-electron chi connectivity index (χ2n) is 6.36. The van der Waals surface area contributed by atoms with Gasteiger partial charge in [0.2, 0.25) is 11.1 Å². The molecule has 1 atom stereocenters. The fourth-order valence-corrected chi connectivity index (χ4v) is 3.99. The maximum atomic E-state index is 12.3. The first kappa shape index (κ1) is 19.3. The first-order valence-corrected chi connectivity index (χ1v) is 10.2. The third-order valence-electron chi connectivity index (χ3n) is 4.32. The highest BCUT2D eigenvalue weighted by molar-refractivity contribution is 8.14. The van der Waals surface area contributed by atoms with Crippen LogP contribution >= 0.6 is 23.4 Å². The number of carbonyl (C=O) groups is 2. The fourth-order valence-electron chi connectivity index (χ4n) is 2.87. The van der Waals surface area contributed by atoms with Crippen LogP contribution in [-0.4, -0.2) is 37.6 Å².